The van der Waals surface area contributed by atoms with E-state index in [2.05, 4.69) is 17.2 Å². The van der Waals surface area contributed by atoms with Gasteiger partial charge in [0, 0.05) is 14.1 Å². The lowest BCUT2D eigenvalue weighted by molar-refractivity contribution is 0.0594. The monoisotopic (exact) mass is 241 g/mol. The van der Waals surface area contributed by atoms with Crippen LogP contribution in [0.5, 0.6) is 5.06 Å². The molecule has 2 heterocycles. The summed E-state index contributed by atoms with van der Waals surface area (Å²) in [6.07, 6.45) is 3.94. The number of piperidine rings is 1. The Labute approximate surface area is 101 Å². The summed E-state index contributed by atoms with van der Waals surface area (Å²) >= 11 is 1.61. The summed E-state index contributed by atoms with van der Waals surface area (Å²) in [4.78, 5) is 6.32. The highest BCUT2D eigenvalue weighted by atomic mass is 32.1. The maximum Gasteiger partial charge on any atom is 0.196 e. The molecule has 1 aromatic rings. The molecule has 0 aromatic carbocycles. The van der Waals surface area contributed by atoms with Crippen LogP contribution >= 0.6 is 11.3 Å². The van der Waals surface area contributed by atoms with Gasteiger partial charge in [-0.1, -0.05) is 11.3 Å². The minimum atomic E-state index is -0.0264. The van der Waals surface area contributed by atoms with Crippen LogP contribution in [0.25, 0.3) is 0 Å². The van der Waals surface area contributed by atoms with Gasteiger partial charge in [-0.15, -0.1) is 0 Å². The van der Waals surface area contributed by atoms with E-state index < -0.39 is 0 Å². The summed E-state index contributed by atoms with van der Waals surface area (Å²) in [5, 5.41) is 5.27. The zero-order valence-corrected chi connectivity index (χ0v) is 10.9. The van der Waals surface area contributed by atoms with Crippen molar-refractivity contribution in [3.63, 3.8) is 0 Å². The van der Waals surface area contributed by atoms with Gasteiger partial charge in [0.2, 0.25) is 0 Å². The molecule has 1 aliphatic rings. The van der Waals surface area contributed by atoms with Gasteiger partial charge in [0.25, 0.3) is 0 Å². The number of nitrogens with one attached hydrogen (secondary N) is 1. The lowest BCUT2D eigenvalue weighted by Gasteiger charge is -2.33. The number of ether oxygens (including phenoxy) is 1. The highest BCUT2D eigenvalue weighted by Gasteiger charge is 2.29. The molecule has 0 spiro atoms. The number of nitrogens with zero attached hydrogens (tertiary/aromatic N) is 2. The number of anilines is 1. The molecule has 0 unspecified atom stereocenters. The van der Waals surface area contributed by atoms with E-state index in [1.165, 1.54) is 0 Å². The quantitative estimate of drug-likeness (QED) is 0.874. The first kappa shape index (κ1) is 11.7. The maximum absolute atomic E-state index is 6.06. The molecule has 90 valence electrons. The average Bonchev–Trinajstić information content (AvgIpc) is 2.66. The molecule has 0 atom stereocenters. The molecule has 1 aromatic heterocycles. The number of rotatable bonds is 3. The summed E-state index contributed by atoms with van der Waals surface area (Å²) in [7, 11) is 3.99. The first-order valence-electron chi connectivity index (χ1n) is 5.62. The van der Waals surface area contributed by atoms with Crippen LogP contribution in [0.4, 0.5) is 5.13 Å². The van der Waals surface area contributed by atoms with E-state index in [1.807, 2.05) is 25.2 Å². The van der Waals surface area contributed by atoms with E-state index in [0.29, 0.717) is 0 Å². The lowest BCUT2D eigenvalue weighted by Crippen LogP contribution is -2.43. The Morgan fingerprint density at radius 1 is 1.44 bits per heavy atom. The van der Waals surface area contributed by atoms with Gasteiger partial charge >= 0.3 is 0 Å². The van der Waals surface area contributed by atoms with Crippen molar-refractivity contribution >= 4 is 16.5 Å². The van der Waals surface area contributed by atoms with Crippen molar-refractivity contribution in [2.24, 2.45) is 0 Å². The summed E-state index contributed by atoms with van der Waals surface area (Å²) in [5.74, 6) is 0. The van der Waals surface area contributed by atoms with E-state index in [-0.39, 0.29) is 5.60 Å². The van der Waals surface area contributed by atoms with Crippen LogP contribution in [0, 0.1) is 0 Å². The lowest BCUT2D eigenvalue weighted by atomic mass is 9.95. The second-order valence-electron chi connectivity index (χ2n) is 4.66. The minimum absolute atomic E-state index is 0.0264. The molecule has 1 fully saturated rings. The second kappa shape index (κ2) is 4.59. The van der Waals surface area contributed by atoms with Crippen molar-refractivity contribution in [2.45, 2.75) is 25.4 Å². The fourth-order valence-corrected chi connectivity index (χ4v) is 2.62. The van der Waals surface area contributed by atoms with E-state index in [9.17, 15) is 0 Å². The third kappa shape index (κ3) is 2.65. The topological polar surface area (TPSA) is 37.4 Å². The van der Waals surface area contributed by atoms with Crippen molar-refractivity contribution in [3.05, 3.63) is 6.20 Å². The van der Waals surface area contributed by atoms with Gasteiger partial charge in [0.05, 0.1) is 6.20 Å². The molecule has 0 amide bonds. The molecule has 1 saturated heterocycles. The van der Waals surface area contributed by atoms with Crippen LogP contribution in [0.2, 0.25) is 0 Å². The molecule has 4 nitrogen and oxygen atoms in total. The summed E-state index contributed by atoms with van der Waals surface area (Å²) in [6, 6.07) is 0. The normalized spacial score (nSPS) is 19.4. The zero-order valence-electron chi connectivity index (χ0n) is 10.1. The van der Waals surface area contributed by atoms with Gasteiger partial charge in [-0.3, -0.25) is 0 Å². The third-order valence-electron chi connectivity index (χ3n) is 2.86. The van der Waals surface area contributed by atoms with Crippen LogP contribution in [0.3, 0.4) is 0 Å². The minimum Gasteiger partial charge on any atom is -0.476 e. The highest BCUT2D eigenvalue weighted by molar-refractivity contribution is 7.17. The molecule has 0 saturated carbocycles. The molecular formula is C11H19N3OS. The van der Waals surface area contributed by atoms with Crippen LogP contribution in [0.15, 0.2) is 6.20 Å². The Balaban J connectivity index is 2.02. The molecule has 5 heteroatoms. The number of hydrogen-bond acceptors (Lipinski definition) is 5. The first-order chi connectivity index (χ1) is 7.59. The van der Waals surface area contributed by atoms with Crippen LogP contribution in [-0.2, 0) is 0 Å². The molecule has 1 N–H and O–H groups in total. The standard InChI is InChI=1S/C11H19N3OS/c1-11(4-6-12-7-5-11)15-9-8-13-10(16-9)14(2)3/h8,12H,4-7H2,1-3H3. The summed E-state index contributed by atoms with van der Waals surface area (Å²) in [6.45, 7) is 4.26. The van der Waals surface area contributed by atoms with Gasteiger partial charge in [-0.05, 0) is 32.9 Å². The molecule has 16 heavy (non-hydrogen) atoms. The van der Waals surface area contributed by atoms with Crippen LogP contribution < -0.4 is 15.0 Å². The molecule has 2 rings (SSSR count). The summed E-state index contributed by atoms with van der Waals surface area (Å²) in [5.41, 5.74) is -0.0264. The number of hydrogen-bond donors (Lipinski definition) is 1. The smallest absolute Gasteiger partial charge is 0.196 e. The molecule has 1 aliphatic heterocycles. The fraction of sp³-hybridized carbons (Fsp3) is 0.727. The Bertz CT molecular complexity index is 345. The van der Waals surface area contributed by atoms with Gasteiger partial charge in [0.15, 0.2) is 10.2 Å². The van der Waals surface area contributed by atoms with Crippen molar-refractivity contribution < 1.29 is 4.74 Å². The molecule has 0 aliphatic carbocycles. The predicted octanol–water partition coefficient (Wildman–Crippen LogP) is 1.73. The Morgan fingerprint density at radius 2 is 2.12 bits per heavy atom. The molecule has 0 radical (unpaired) electrons. The average molecular weight is 241 g/mol. The van der Waals surface area contributed by atoms with Crippen molar-refractivity contribution in [1.82, 2.24) is 10.3 Å². The largest absolute Gasteiger partial charge is 0.476 e. The van der Waals surface area contributed by atoms with Crippen molar-refractivity contribution in [1.29, 1.82) is 0 Å². The molecule has 0 bridgehead atoms. The SMILES string of the molecule is CN(C)c1ncc(OC2(C)CCNCC2)s1. The van der Waals surface area contributed by atoms with E-state index in [4.69, 9.17) is 4.74 Å². The Kier molecular flexibility index (Phi) is 3.35. The fourth-order valence-electron chi connectivity index (χ4n) is 1.81. The van der Waals surface area contributed by atoms with Gasteiger partial charge in [-0.2, -0.15) is 0 Å². The van der Waals surface area contributed by atoms with Crippen molar-refractivity contribution in [3.8, 4) is 5.06 Å². The summed E-state index contributed by atoms with van der Waals surface area (Å²) < 4.78 is 6.06. The van der Waals surface area contributed by atoms with Crippen LogP contribution in [0.1, 0.15) is 19.8 Å². The Morgan fingerprint density at radius 3 is 2.69 bits per heavy atom. The van der Waals surface area contributed by atoms with Gasteiger partial charge < -0.3 is 15.0 Å². The second-order valence-corrected chi connectivity index (χ2v) is 5.63. The van der Waals surface area contributed by atoms with Crippen LogP contribution in [-0.4, -0.2) is 37.8 Å². The van der Waals surface area contributed by atoms with E-state index in [1.54, 1.807) is 11.3 Å². The Hall–Kier alpha value is -0.810. The number of thiazole rings is 1. The predicted molar refractivity (Wildman–Crippen MR) is 67.6 cm³/mol. The van der Waals surface area contributed by atoms with Crippen molar-refractivity contribution in [2.75, 3.05) is 32.1 Å². The van der Waals surface area contributed by atoms with E-state index >= 15 is 0 Å². The third-order valence-corrected chi connectivity index (χ3v) is 3.91. The first-order valence-corrected chi connectivity index (χ1v) is 6.44. The highest BCUT2D eigenvalue weighted by Crippen LogP contribution is 2.33. The molecular weight excluding hydrogens is 222 g/mol. The van der Waals surface area contributed by atoms with Gasteiger partial charge in [0.1, 0.15) is 5.60 Å². The number of aromatic nitrogens is 1. The van der Waals surface area contributed by atoms with Gasteiger partial charge in [-0.25, -0.2) is 4.98 Å². The maximum atomic E-state index is 6.06. The zero-order chi connectivity index (χ0) is 11.6. The van der Waals surface area contributed by atoms with E-state index in [0.717, 1.165) is 36.1 Å².